The summed E-state index contributed by atoms with van der Waals surface area (Å²) in [5.41, 5.74) is 0. The summed E-state index contributed by atoms with van der Waals surface area (Å²) in [6.45, 7) is 8.24. The third-order valence-corrected chi connectivity index (χ3v) is 1.45. The van der Waals surface area contributed by atoms with Crippen molar-refractivity contribution in [3.63, 3.8) is 0 Å². The minimum absolute atomic E-state index is 0. The summed E-state index contributed by atoms with van der Waals surface area (Å²) in [6.07, 6.45) is 3.23. The van der Waals surface area contributed by atoms with Gasteiger partial charge in [0.05, 0.1) is 27.2 Å². The minimum Gasteiger partial charge on any atom is -1.00 e. The van der Waals surface area contributed by atoms with Crippen LogP contribution in [-0.2, 0) is 0 Å². The fourth-order valence-electron chi connectivity index (χ4n) is 1.05. The van der Waals surface area contributed by atoms with E-state index in [0.717, 1.165) is 11.0 Å². The summed E-state index contributed by atoms with van der Waals surface area (Å²) in [6, 6.07) is 0. The molecule has 1 nitrogen and oxygen atoms in total. The highest BCUT2D eigenvalue weighted by atomic mass is 35.5. The fourth-order valence-corrected chi connectivity index (χ4v) is 1.05. The van der Waals surface area contributed by atoms with Gasteiger partial charge in [0.15, 0.2) is 0 Å². The van der Waals surface area contributed by atoms with Crippen molar-refractivity contribution in [1.82, 2.24) is 0 Å². The molecule has 0 bridgehead atoms. The summed E-state index contributed by atoms with van der Waals surface area (Å²) in [7, 11) is 4.45. The van der Waals surface area contributed by atoms with Crippen molar-refractivity contribution in [3.05, 3.63) is 12.7 Å². The van der Waals surface area contributed by atoms with E-state index in [1.807, 2.05) is 6.08 Å². The SMILES string of the molecule is C=CC[N+](C)(C)CCC.[Cl-]. The molecule has 0 aromatic carbocycles. The molecule has 0 aliphatic rings. The molecule has 0 N–H and O–H groups in total. The Morgan fingerprint density at radius 3 is 2.20 bits per heavy atom. The Bertz CT molecular complexity index is 89.3. The maximum atomic E-state index is 3.71. The van der Waals surface area contributed by atoms with Crippen LogP contribution in [0.2, 0.25) is 0 Å². The molecule has 0 aromatic heterocycles. The van der Waals surface area contributed by atoms with Gasteiger partial charge in [-0.1, -0.05) is 13.5 Å². The standard InChI is InChI=1S/C8H18N.ClH/c1-5-7-9(3,4)8-6-2;/h5H,1,6-8H2,2-4H3;1H/q+1;/p-1. The summed E-state index contributed by atoms with van der Waals surface area (Å²) in [5.74, 6) is 0. The summed E-state index contributed by atoms with van der Waals surface area (Å²) < 4.78 is 1.07. The molecule has 0 heterocycles. The first-order valence-electron chi connectivity index (χ1n) is 3.55. The van der Waals surface area contributed by atoms with Crippen LogP contribution in [0.1, 0.15) is 13.3 Å². The van der Waals surface area contributed by atoms with Gasteiger partial charge in [-0.15, -0.1) is 0 Å². The lowest BCUT2D eigenvalue weighted by Crippen LogP contribution is -3.00. The van der Waals surface area contributed by atoms with Crippen LogP contribution in [0.3, 0.4) is 0 Å². The number of nitrogens with zero attached hydrogens (tertiary/aromatic N) is 1. The van der Waals surface area contributed by atoms with Crippen LogP contribution >= 0.6 is 0 Å². The van der Waals surface area contributed by atoms with Crippen molar-refractivity contribution in [2.24, 2.45) is 0 Å². The number of hydrogen-bond donors (Lipinski definition) is 0. The van der Waals surface area contributed by atoms with Gasteiger partial charge < -0.3 is 16.9 Å². The molecule has 0 aliphatic heterocycles. The van der Waals surface area contributed by atoms with E-state index in [1.54, 1.807) is 0 Å². The number of quaternary nitrogens is 1. The Labute approximate surface area is 70.7 Å². The second kappa shape index (κ2) is 5.75. The molecule has 0 amide bonds. The molecule has 0 spiro atoms. The normalized spacial score (nSPS) is 10.3. The zero-order chi connectivity index (χ0) is 7.33. The third kappa shape index (κ3) is 6.12. The Kier molecular flexibility index (Phi) is 7.27. The van der Waals surface area contributed by atoms with E-state index >= 15 is 0 Å². The first-order chi connectivity index (χ1) is 4.12. The first kappa shape index (κ1) is 12.6. The molecule has 0 aliphatic carbocycles. The summed E-state index contributed by atoms with van der Waals surface area (Å²) in [4.78, 5) is 0. The van der Waals surface area contributed by atoms with Crippen LogP contribution in [0.5, 0.6) is 0 Å². The van der Waals surface area contributed by atoms with Gasteiger partial charge in [-0.2, -0.15) is 0 Å². The van der Waals surface area contributed by atoms with Crippen LogP contribution < -0.4 is 12.4 Å². The maximum Gasteiger partial charge on any atom is 0.0966 e. The summed E-state index contributed by atoms with van der Waals surface area (Å²) in [5, 5.41) is 0. The Hall–Kier alpha value is -0.0100. The van der Waals surface area contributed by atoms with E-state index in [-0.39, 0.29) is 12.4 Å². The lowest BCUT2D eigenvalue weighted by atomic mass is 10.3. The molecule has 0 saturated heterocycles. The van der Waals surface area contributed by atoms with Crippen molar-refractivity contribution in [1.29, 1.82) is 0 Å². The van der Waals surface area contributed by atoms with E-state index in [2.05, 4.69) is 27.6 Å². The number of halogens is 1. The topological polar surface area (TPSA) is 0 Å². The van der Waals surface area contributed by atoms with Gasteiger partial charge in [0.25, 0.3) is 0 Å². The van der Waals surface area contributed by atoms with Crippen LogP contribution in [0.4, 0.5) is 0 Å². The Balaban J connectivity index is 0. The predicted molar refractivity (Wildman–Crippen MR) is 42.3 cm³/mol. The summed E-state index contributed by atoms with van der Waals surface area (Å²) >= 11 is 0. The largest absolute Gasteiger partial charge is 1.00 e. The molecule has 0 radical (unpaired) electrons. The molecule has 10 heavy (non-hydrogen) atoms. The van der Waals surface area contributed by atoms with Gasteiger partial charge in [0.1, 0.15) is 0 Å². The Morgan fingerprint density at radius 2 is 1.90 bits per heavy atom. The molecule has 0 saturated carbocycles. The van der Waals surface area contributed by atoms with E-state index in [4.69, 9.17) is 0 Å². The van der Waals surface area contributed by atoms with Crippen LogP contribution in [0.15, 0.2) is 12.7 Å². The van der Waals surface area contributed by atoms with Crippen molar-refractivity contribution in [2.75, 3.05) is 27.2 Å². The van der Waals surface area contributed by atoms with Gasteiger partial charge in [0.2, 0.25) is 0 Å². The minimum atomic E-state index is 0. The maximum absolute atomic E-state index is 3.71. The second-order valence-corrected chi connectivity index (χ2v) is 3.13. The third-order valence-electron chi connectivity index (χ3n) is 1.45. The van der Waals surface area contributed by atoms with Crippen molar-refractivity contribution >= 4 is 0 Å². The van der Waals surface area contributed by atoms with Gasteiger partial charge in [-0.05, 0) is 12.5 Å². The number of likely N-dealkylation sites (N-methyl/N-ethyl adjacent to an activating group) is 1. The van der Waals surface area contributed by atoms with Crippen LogP contribution in [0, 0.1) is 0 Å². The van der Waals surface area contributed by atoms with Crippen molar-refractivity contribution in [3.8, 4) is 0 Å². The lowest BCUT2D eigenvalue weighted by Gasteiger charge is -2.27. The van der Waals surface area contributed by atoms with Crippen molar-refractivity contribution in [2.45, 2.75) is 13.3 Å². The zero-order valence-electron chi connectivity index (χ0n) is 7.23. The highest BCUT2D eigenvalue weighted by molar-refractivity contribution is 4.64. The second-order valence-electron chi connectivity index (χ2n) is 3.13. The molecule has 0 rings (SSSR count). The van der Waals surface area contributed by atoms with E-state index in [1.165, 1.54) is 13.0 Å². The molecule has 0 aromatic rings. The molecular weight excluding hydrogens is 146 g/mol. The average molecular weight is 164 g/mol. The first-order valence-corrected chi connectivity index (χ1v) is 3.55. The lowest BCUT2D eigenvalue weighted by molar-refractivity contribution is -0.884. The van der Waals surface area contributed by atoms with Gasteiger partial charge >= 0.3 is 0 Å². The smallest absolute Gasteiger partial charge is 0.0966 e. The van der Waals surface area contributed by atoms with Gasteiger partial charge in [-0.3, -0.25) is 0 Å². The van der Waals surface area contributed by atoms with Crippen molar-refractivity contribution < 1.29 is 16.9 Å². The highest BCUT2D eigenvalue weighted by Gasteiger charge is 2.08. The average Bonchev–Trinajstić information content (AvgIpc) is 1.64. The van der Waals surface area contributed by atoms with Gasteiger partial charge in [-0.25, -0.2) is 0 Å². The van der Waals surface area contributed by atoms with Crippen LogP contribution in [0.25, 0.3) is 0 Å². The molecule has 0 fully saturated rings. The van der Waals surface area contributed by atoms with E-state index in [0.29, 0.717) is 0 Å². The Morgan fingerprint density at radius 1 is 1.40 bits per heavy atom. The fraction of sp³-hybridized carbons (Fsp3) is 0.750. The molecule has 0 unspecified atom stereocenters. The predicted octanol–water partition coefficient (Wildman–Crippen LogP) is -1.34. The molecule has 2 heteroatoms. The monoisotopic (exact) mass is 163 g/mol. The molecule has 62 valence electrons. The number of rotatable bonds is 4. The number of hydrogen-bond acceptors (Lipinski definition) is 0. The van der Waals surface area contributed by atoms with Crippen LogP contribution in [-0.4, -0.2) is 31.7 Å². The van der Waals surface area contributed by atoms with Gasteiger partial charge in [0, 0.05) is 0 Å². The van der Waals surface area contributed by atoms with E-state index < -0.39 is 0 Å². The molecule has 0 atom stereocenters. The zero-order valence-corrected chi connectivity index (χ0v) is 7.99. The molecular formula is C8H18ClN. The quantitative estimate of drug-likeness (QED) is 0.356. The van der Waals surface area contributed by atoms with E-state index in [9.17, 15) is 0 Å². The highest BCUT2D eigenvalue weighted by Crippen LogP contribution is 1.97.